The Hall–Kier alpha value is -1.09. The van der Waals surface area contributed by atoms with Crippen molar-refractivity contribution in [3.8, 4) is 0 Å². The van der Waals surface area contributed by atoms with E-state index in [1.165, 1.54) is 19.3 Å². The van der Waals surface area contributed by atoms with Crippen LogP contribution in [0.15, 0.2) is 18.2 Å². The highest BCUT2D eigenvalue weighted by Gasteiger charge is 2.18. The zero-order chi connectivity index (χ0) is 12.8. The second kappa shape index (κ2) is 6.74. The minimum absolute atomic E-state index is 0.871. The number of anilines is 1. The van der Waals surface area contributed by atoms with Crippen LogP contribution in [0.1, 0.15) is 38.8 Å². The molecule has 2 rings (SSSR count). The Bertz CT molecular complexity index is 357. The smallest absolute Gasteiger partial charge is 0.128 e. The Labute approximate surface area is 111 Å². The topological polar surface area (TPSA) is 28.2 Å². The first kappa shape index (κ1) is 13.3. The van der Waals surface area contributed by atoms with Crippen LogP contribution in [0.5, 0.6) is 0 Å². The lowest BCUT2D eigenvalue weighted by molar-refractivity contribution is 0.393. The SMILES string of the molecule is CCNCc1cccc(N2CCC(CC)CC2)n1. The van der Waals surface area contributed by atoms with Crippen molar-refractivity contribution in [1.29, 1.82) is 0 Å². The van der Waals surface area contributed by atoms with Crippen LogP contribution >= 0.6 is 0 Å². The van der Waals surface area contributed by atoms with Gasteiger partial charge in [0.2, 0.25) is 0 Å². The summed E-state index contributed by atoms with van der Waals surface area (Å²) >= 11 is 0. The van der Waals surface area contributed by atoms with Crippen LogP contribution in [-0.4, -0.2) is 24.6 Å². The van der Waals surface area contributed by atoms with Crippen molar-refractivity contribution in [2.45, 2.75) is 39.7 Å². The molecule has 0 spiro atoms. The average molecular weight is 247 g/mol. The molecule has 0 amide bonds. The molecule has 0 bridgehead atoms. The summed E-state index contributed by atoms with van der Waals surface area (Å²) in [6.07, 6.45) is 3.95. The number of hydrogen-bond donors (Lipinski definition) is 1. The number of hydrogen-bond acceptors (Lipinski definition) is 3. The third kappa shape index (κ3) is 3.45. The highest BCUT2D eigenvalue weighted by Crippen LogP contribution is 2.23. The van der Waals surface area contributed by atoms with Crippen LogP contribution < -0.4 is 10.2 Å². The standard InChI is InChI=1S/C15H25N3/c1-3-13-8-10-18(11-9-13)15-7-5-6-14(17-15)12-16-4-2/h5-7,13,16H,3-4,8-12H2,1-2H3. The van der Waals surface area contributed by atoms with Crippen LogP contribution in [-0.2, 0) is 6.54 Å². The molecule has 3 heteroatoms. The number of aromatic nitrogens is 1. The zero-order valence-corrected chi connectivity index (χ0v) is 11.7. The first-order valence-corrected chi connectivity index (χ1v) is 7.25. The van der Waals surface area contributed by atoms with E-state index in [0.29, 0.717) is 0 Å². The van der Waals surface area contributed by atoms with E-state index in [-0.39, 0.29) is 0 Å². The molecule has 1 aliphatic heterocycles. The molecule has 0 unspecified atom stereocenters. The van der Waals surface area contributed by atoms with Gasteiger partial charge in [-0.1, -0.05) is 26.3 Å². The van der Waals surface area contributed by atoms with Gasteiger partial charge in [0.05, 0.1) is 5.69 Å². The van der Waals surface area contributed by atoms with Crippen molar-refractivity contribution >= 4 is 5.82 Å². The molecule has 2 heterocycles. The van der Waals surface area contributed by atoms with Gasteiger partial charge in [-0.15, -0.1) is 0 Å². The lowest BCUT2D eigenvalue weighted by Crippen LogP contribution is -2.34. The van der Waals surface area contributed by atoms with Gasteiger partial charge in [-0.05, 0) is 37.4 Å². The summed E-state index contributed by atoms with van der Waals surface area (Å²) in [4.78, 5) is 7.18. The van der Waals surface area contributed by atoms with E-state index in [1.807, 2.05) is 0 Å². The van der Waals surface area contributed by atoms with Crippen LogP contribution in [0.4, 0.5) is 5.82 Å². The third-order valence-electron chi connectivity index (χ3n) is 3.86. The van der Waals surface area contributed by atoms with Crippen LogP contribution in [0.25, 0.3) is 0 Å². The van der Waals surface area contributed by atoms with Gasteiger partial charge < -0.3 is 10.2 Å². The Morgan fingerprint density at radius 1 is 1.28 bits per heavy atom. The maximum Gasteiger partial charge on any atom is 0.128 e. The highest BCUT2D eigenvalue weighted by atomic mass is 15.2. The number of nitrogens with one attached hydrogen (secondary N) is 1. The van der Waals surface area contributed by atoms with E-state index in [0.717, 1.165) is 43.6 Å². The Kier molecular flexibility index (Phi) is 5.00. The normalized spacial score (nSPS) is 17.1. The van der Waals surface area contributed by atoms with Gasteiger partial charge in [0, 0.05) is 19.6 Å². The molecule has 100 valence electrons. The number of pyridine rings is 1. The Balaban J connectivity index is 1.96. The second-order valence-electron chi connectivity index (χ2n) is 5.11. The number of piperidine rings is 1. The Morgan fingerprint density at radius 3 is 2.72 bits per heavy atom. The van der Waals surface area contributed by atoms with Gasteiger partial charge >= 0.3 is 0 Å². The molecular formula is C15H25N3. The summed E-state index contributed by atoms with van der Waals surface area (Å²) in [6.45, 7) is 8.62. The molecule has 0 aromatic carbocycles. The van der Waals surface area contributed by atoms with Gasteiger partial charge in [0.25, 0.3) is 0 Å². The fourth-order valence-corrected chi connectivity index (χ4v) is 2.56. The molecule has 1 N–H and O–H groups in total. The molecule has 0 aliphatic carbocycles. The van der Waals surface area contributed by atoms with E-state index in [2.05, 4.69) is 42.3 Å². The molecule has 0 saturated carbocycles. The first-order valence-electron chi connectivity index (χ1n) is 7.25. The number of rotatable bonds is 5. The van der Waals surface area contributed by atoms with Gasteiger partial charge in [0.1, 0.15) is 5.82 Å². The summed E-state index contributed by atoms with van der Waals surface area (Å²) in [5.41, 5.74) is 1.15. The molecule has 1 fully saturated rings. The highest BCUT2D eigenvalue weighted by molar-refractivity contribution is 5.39. The fourth-order valence-electron chi connectivity index (χ4n) is 2.56. The van der Waals surface area contributed by atoms with Crippen molar-refractivity contribution in [3.63, 3.8) is 0 Å². The Morgan fingerprint density at radius 2 is 2.06 bits per heavy atom. The molecule has 1 aromatic heterocycles. The van der Waals surface area contributed by atoms with E-state index in [1.54, 1.807) is 0 Å². The average Bonchev–Trinajstić information content (AvgIpc) is 2.45. The van der Waals surface area contributed by atoms with Gasteiger partial charge in [-0.25, -0.2) is 4.98 Å². The van der Waals surface area contributed by atoms with E-state index in [9.17, 15) is 0 Å². The fraction of sp³-hybridized carbons (Fsp3) is 0.667. The molecular weight excluding hydrogens is 222 g/mol. The number of nitrogens with zero attached hydrogens (tertiary/aromatic N) is 2. The summed E-state index contributed by atoms with van der Waals surface area (Å²) in [5, 5.41) is 3.33. The summed E-state index contributed by atoms with van der Waals surface area (Å²) < 4.78 is 0. The predicted octanol–water partition coefficient (Wildman–Crippen LogP) is 2.82. The minimum atomic E-state index is 0.871. The summed E-state index contributed by atoms with van der Waals surface area (Å²) in [6, 6.07) is 6.37. The minimum Gasteiger partial charge on any atom is -0.357 e. The van der Waals surface area contributed by atoms with Gasteiger partial charge in [0.15, 0.2) is 0 Å². The summed E-state index contributed by atoms with van der Waals surface area (Å²) in [5.74, 6) is 2.08. The maximum absolute atomic E-state index is 4.75. The van der Waals surface area contributed by atoms with E-state index in [4.69, 9.17) is 4.98 Å². The van der Waals surface area contributed by atoms with Crippen molar-refractivity contribution < 1.29 is 0 Å². The molecule has 0 atom stereocenters. The van der Waals surface area contributed by atoms with Gasteiger partial charge in [-0.2, -0.15) is 0 Å². The molecule has 0 radical (unpaired) electrons. The first-order chi connectivity index (χ1) is 8.83. The lowest BCUT2D eigenvalue weighted by atomic mass is 9.94. The van der Waals surface area contributed by atoms with Crippen molar-refractivity contribution in [2.75, 3.05) is 24.5 Å². The predicted molar refractivity (Wildman–Crippen MR) is 76.8 cm³/mol. The van der Waals surface area contributed by atoms with Crippen molar-refractivity contribution in [3.05, 3.63) is 23.9 Å². The third-order valence-corrected chi connectivity index (χ3v) is 3.86. The molecule has 3 nitrogen and oxygen atoms in total. The van der Waals surface area contributed by atoms with Crippen molar-refractivity contribution in [2.24, 2.45) is 5.92 Å². The zero-order valence-electron chi connectivity index (χ0n) is 11.7. The van der Waals surface area contributed by atoms with Crippen LogP contribution in [0.3, 0.4) is 0 Å². The lowest BCUT2D eigenvalue weighted by Gasteiger charge is -2.32. The van der Waals surface area contributed by atoms with Crippen LogP contribution in [0, 0.1) is 5.92 Å². The maximum atomic E-state index is 4.75. The molecule has 1 saturated heterocycles. The largest absolute Gasteiger partial charge is 0.357 e. The molecule has 1 aliphatic rings. The van der Waals surface area contributed by atoms with Gasteiger partial charge in [-0.3, -0.25) is 0 Å². The molecule has 1 aromatic rings. The van der Waals surface area contributed by atoms with E-state index < -0.39 is 0 Å². The van der Waals surface area contributed by atoms with Crippen LogP contribution in [0.2, 0.25) is 0 Å². The van der Waals surface area contributed by atoms with Crippen molar-refractivity contribution in [1.82, 2.24) is 10.3 Å². The van der Waals surface area contributed by atoms with E-state index >= 15 is 0 Å². The quantitative estimate of drug-likeness (QED) is 0.867. The summed E-state index contributed by atoms with van der Waals surface area (Å²) in [7, 11) is 0. The molecule has 18 heavy (non-hydrogen) atoms. The second-order valence-corrected chi connectivity index (χ2v) is 5.11. The monoisotopic (exact) mass is 247 g/mol.